The molecule has 1 heterocycles. The highest BCUT2D eigenvalue weighted by Crippen LogP contribution is 2.38. The van der Waals surface area contributed by atoms with Crippen LogP contribution in [-0.2, 0) is 11.4 Å². The minimum atomic E-state index is -0.361. The monoisotopic (exact) mass is 619 g/mol. The van der Waals surface area contributed by atoms with Crippen molar-refractivity contribution in [2.24, 2.45) is 0 Å². The number of halogens is 3. The normalized spacial score (nSPS) is 14.6. The Morgan fingerprint density at radius 2 is 1.69 bits per heavy atom. The first-order valence-corrected chi connectivity index (χ1v) is 13.0. The van der Waals surface area contributed by atoms with E-state index in [1.165, 1.54) is 11.0 Å². The third-order valence-corrected chi connectivity index (χ3v) is 7.21. The number of thioether (sulfide) groups is 1. The summed E-state index contributed by atoms with van der Waals surface area (Å²) in [5.41, 5.74) is 2.26. The fourth-order valence-corrected chi connectivity index (χ4v) is 5.62. The Morgan fingerprint density at radius 1 is 1.00 bits per heavy atom. The van der Waals surface area contributed by atoms with Crippen LogP contribution >= 0.6 is 43.6 Å². The maximum atomic E-state index is 13.9. The van der Waals surface area contributed by atoms with Crippen LogP contribution in [0.5, 0.6) is 11.5 Å². The van der Waals surface area contributed by atoms with Crippen molar-refractivity contribution in [2.45, 2.75) is 13.5 Å². The highest BCUT2D eigenvalue weighted by Gasteiger charge is 2.34. The molecule has 0 saturated carbocycles. The molecule has 180 valence electrons. The molecule has 0 bridgehead atoms. The summed E-state index contributed by atoms with van der Waals surface area (Å²) in [6.07, 6.45) is 1.65. The molecule has 0 atom stereocenters. The first kappa shape index (κ1) is 25.5. The lowest BCUT2D eigenvalue weighted by molar-refractivity contribution is -0.123. The van der Waals surface area contributed by atoms with Gasteiger partial charge in [-0.3, -0.25) is 14.5 Å². The third-order valence-electron chi connectivity index (χ3n) is 5.13. The molecule has 0 spiro atoms. The fraction of sp³-hybridized carbons (Fsp3) is 0.154. The van der Waals surface area contributed by atoms with Crippen LogP contribution in [0.15, 0.2) is 74.5 Å². The Morgan fingerprint density at radius 3 is 2.37 bits per heavy atom. The van der Waals surface area contributed by atoms with Crippen LogP contribution in [-0.4, -0.2) is 29.2 Å². The van der Waals surface area contributed by atoms with Crippen LogP contribution in [0.1, 0.15) is 16.7 Å². The zero-order valence-electron chi connectivity index (χ0n) is 18.6. The Balaban J connectivity index is 1.41. The first-order valence-electron chi connectivity index (χ1n) is 10.6. The van der Waals surface area contributed by atoms with Gasteiger partial charge in [0.15, 0.2) is 0 Å². The highest BCUT2D eigenvalue weighted by molar-refractivity contribution is 9.11. The number of aryl methyl sites for hydroxylation is 1. The number of hydrogen-bond donors (Lipinski definition) is 0. The van der Waals surface area contributed by atoms with E-state index in [-0.39, 0.29) is 36.7 Å². The molecule has 4 rings (SSSR count). The van der Waals surface area contributed by atoms with Gasteiger partial charge in [-0.05, 0) is 92.5 Å². The van der Waals surface area contributed by atoms with Gasteiger partial charge in [-0.15, -0.1) is 0 Å². The van der Waals surface area contributed by atoms with Gasteiger partial charge >= 0.3 is 0 Å². The Labute approximate surface area is 223 Å². The molecule has 1 fully saturated rings. The van der Waals surface area contributed by atoms with Gasteiger partial charge in [-0.25, -0.2) is 4.39 Å². The second-order valence-corrected chi connectivity index (χ2v) is 10.4. The van der Waals surface area contributed by atoms with Gasteiger partial charge in [0.25, 0.3) is 11.1 Å². The summed E-state index contributed by atoms with van der Waals surface area (Å²) in [6.45, 7) is 2.42. The minimum Gasteiger partial charge on any atom is -0.492 e. The van der Waals surface area contributed by atoms with E-state index in [9.17, 15) is 14.0 Å². The Kier molecular flexibility index (Phi) is 8.30. The number of benzene rings is 3. The lowest BCUT2D eigenvalue weighted by Gasteiger charge is -2.13. The molecule has 0 N–H and O–H groups in total. The number of hydrogen-bond acceptors (Lipinski definition) is 5. The molecular formula is C26H20Br2FNO4S. The van der Waals surface area contributed by atoms with Crippen LogP contribution < -0.4 is 9.47 Å². The molecular weight excluding hydrogens is 601 g/mol. The van der Waals surface area contributed by atoms with Crippen LogP contribution in [0, 0.1) is 12.7 Å². The van der Waals surface area contributed by atoms with E-state index in [1.54, 1.807) is 36.4 Å². The van der Waals surface area contributed by atoms with Crippen molar-refractivity contribution in [3.05, 3.63) is 97.0 Å². The van der Waals surface area contributed by atoms with E-state index in [2.05, 4.69) is 31.9 Å². The molecule has 0 aromatic heterocycles. The molecule has 0 unspecified atom stereocenters. The third kappa shape index (κ3) is 6.34. The van der Waals surface area contributed by atoms with Crippen LogP contribution in [0.2, 0.25) is 0 Å². The van der Waals surface area contributed by atoms with Gasteiger partial charge in [0.2, 0.25) is 0 Å². The molecule has 1 aliphatic rings. The standard InChI is InChI=1S/C26H20Br2FNO4S/c1-16-6-8-19(9-7-16)33-11-10-30-25(31)23(35-26(30)32)14-17-12-20(27)24(21(28)13-17)34-15-18-4-2-3-5-22(18)29/h2-9,12-14H,10-11,15H2,1H3/b23-14-. The van der Waals surface area contributed by atoms with E-state index in [0.29, 0.717) is 36.5 Å². The zero-order chi connectivity index (χ0) is 24.9. The maximum Gasteiger partial charge on any atom is 0.293 e. The molecule has 35 heavy (non-hydrogen) atoms. The highest BCUT2D eigenvalue weighted by atomic mass is 79.9. The fourth-order valence-electron chi connectivity index (χ4n) is 3.30. The second-order valence-electron chi connectivity index (χ2n) is 7.69. The van der Waals surface area contributed by atoms with Gasteiger partial charge in [0, 0.05) is 5.56 Å². The lowest BCUT2D eigenvalue weighted by Crippen LogP contribution is -2.32. The number of imide groups is 1. The van der Waals surface area contributed by atoms with E-state index in [0.717, 1.165) is 17.3 Å². The number of carbonyl (C=O) groups is 2. The van der Waals surface area contributed by atoms with Crippen molar-refractivity contribution >= 4 is 60.8 Å². The first-order chi connectivity index (χ1) is 16.8. The second kappa shape index (κ2) is 11.4. The SMILES string of the molecule is Cc1ccc(OCCN2C(=O)S/C(=C\c3cc(Br)c(OCc4ccccc4F)c(Br)c3)C2=O)cc1. The van der Waals surface area contributed by atoms with Crippen molar-refractivity contribution in [3.63, 3.8) is 0 Å². The molecule has 3 aromatic carbocycles. The average molecular weight is 621 g/mol. The summed E-state index contributed by atoms with van der Waals surface area (Å²) in [5.74, 6) is 0.493. The van der Waals surface area contributed by atoms with Gasteiger partial charge in [0.05, 0.1) is 20.4 Å². The molecule has 5 nitrogen and oxygen atoms in total. The molecule has 1 saturated heterocycles. The Hall–Kier alpha value is -2.62. The topological polar surface area (TPSA) is 55.8 Å². The van der Waals surface area contributed by atoms with Crippen molar-refractivity contribution in [1.82, 2.24) is 4.90 Å². The summed E-state index contributed by atoms with van der Waals surface area (Å²) >= 11 is 7.84. The van der Waals surface area contributed by atoms with Crippen molar-refractivity contribution in [2.75, 3.05) is 13.2 Å². The van der Waals surface area contributed by atoms with E-state index < -0.39 is 0 Å². The summed E-state index contributed by atoms with van der Waals surface area (Å²) in [6, 6.07) is 17.5. The van der Waals surface area contributed by atoms with E-state index >= 15 is 0 Å². The number of nitrogens with zero attached hydrogens (tertiary/aromatic N) is 1. The Bertz CT molecular complexity index is 1270. The molecule has 2 amide bonds. The van der Waals surface area contributed by atoms with E-state index in [1.807, 2.05) is 31.2 Å². The number of carbonyl (C=O) groups excluding carboxylic acids is 2. The van der Waals surface area contributed by atoms with Gasteiger partial charge < -0.3 is 9.47 Å². The van der Waals surface area contributed by atoms with E-state index in [4.69, 9.17) is 9.47 Å². The number of amides is 2. The summed E-state index contributed by atoms with van der Waals surface area (Å²) < 4.78 is 26.6. The van der Waals surface area contributed by atoms with Gasteiger partial charge in [-0.1, -0.05) is 35.9 Å². The van der Waals surface area contributed by atoms with Crippen LogP contribution in [0.25, 0.3) is 6.08 Å². The minimum absolute atomic E-state index is 0.0623. The number of ether oxygens (including phenoxy) is 2. The maximum absolute atomic E-state index is 13.9. The molecule has 0 aliphatic carbocycles. The molecule has 3 aromatic rings. The van der Waals surface area contributed by atoms with Crippen molar-refractivity contribution in [3.8, 4) is 11.5 Å². The van der Waals surface area contributed by atoms with Crippen LogP contribution in [0.3, 0.4) is 0 Å². The summed E-state index contributed by atoms with van der Waals surface area (Å²) in [7, 11) is 0. The smallest absolute Gasteiger partial charge is 0.293 e. The predicted molar refractivity (Wildman–Crippen MR) is 142 cm³/mol. The largest absolute Gasteiger partial charge is 0.492 e. The summed E-state index contributed by atoms with van der Waals surface area (Å²) in [4.78, 5) is 26.7. The van der Waals surface area contributed by atoms with Gasteiger partial charge in [-0.2, -0.15) is 0 Å². The van der Waals surface area contributed by atoms with Gasteiger partial charge in [0.1, 0.15) is 30.5 Å². The molecule has 9 heteroatoms. The zero-order valence-corrected chi connectivity index (χ0v) is 22.6. The lowest BCUT2D eigenvalue weighted by atomic mass is 10.2. The van der Waals surface area contributed by atoms with Crippen molar-refractivity contribution in [1.29, 1.82) is 0 Å². The molecule has 1 aliphatic heterocycles. The quantitative estimate of drug-likeness (QED) is 0.246. The molecule has 0 radical (unpaired) electrons. The van der Waals surface area contributed by atoms with Crippen molar-refractivity contribution < 1.29 is 23.5 Å². The predicted octanol–water partition coefficient (Wildman–Crippen LogP) is 7.35. The average Bonchev–Trinajstić information content (AvgIpc) is 3.08. The summed E-state index contributed by atoms with van der Waals surface area (Å²) in [5, 5.41) is -0.336. The van der Waals surface area contributed by atoms with Crippen LogP contribution in [0.4, 0.5) is 9.18 Å². The number of rotatable bonds is 8.